The van der Waals surface area contributed by atoms with E-state index in [0.29, 0.717) is 31.2 Å². The molecule has 1 N–H and O–H groups in total. The zero-order valence-electron chi connectivity index (χ0n) is 17.1. The molecule has 6 nitrogen and oxygen atoms in total. The number of aryl methyl sites for hydroxylation is 1. The summed E-state index contributed by atoms with van der Waals surface area (Å²) in [7, 11) is 0. The molecule has 0 radical (unpaired) electrons. The van der Waals surface area contributed by atoms with Crippen molar-refractivity contribution in [2.75, 3.05) is 25.0 Å². The Morgan fingerprint density at radius 1 is 1.00 bits per heavy atom. The van der Waals surface area contributed by atoms with Crippen LogP contribution in [0.2, 0.25) is 0 Å². The van der Waals surface area contributed by atoms with Crippen LogP contribution in [0.1, 0.15) is 36.5 Å². The first-order chi connectivity index (χ1) is 13.8. The number of benzene rings is 2. The van der Waals surface area contributed by atoms with Gasteiger partial charge in [-0.1, -0.05) is 55.8 Å². The van der Waals surface area contributed by atoms with Gasteiger partial charge in [0.15, 0.2) is 0 Å². The molecule has 0 saturated carbocycles. The number of carbonyl (C=O) groups is 3. The van der Waals surface area contributed by atoms with Crippen LogP contribution in [0.25, 0.3) is 0 Å². The molecule has 3 amide bonds. The van der Waals surface area contributed by atoms with Crippen LogP contribution in [0.15, 0.2) is 48.5 Å². The molecule has 1 saturated heterocycles. The lowest BCUT2D eigenvalue weighted by Crippen LogP contribution is -2.55. The average molecular weight is 393 g/mol. The summed E-state index contributed by atoms with van der Waals surface area (Å²) in [5.41, 5.74) is 3.96. The van der Waals surface area contributed by atoms with Gasteiger partial charge in [0, 0.05) is 25.3 Å². The van der Waals surface area contributed by atoms with Gasteiger partial charge in [0.1, 0.15) is 6.54 Å². The Hall–Kier alpha value is -3.15. The smallest absolute Gasteiger partial charge is 0.312 e. The van der Waals surface area contributed by atoms with E-state index in [-0.39, 0.29) is 12.5 Å². The van der Waals surface area contributed by atoms with Crippen LogP contribution in [0.4, 0.5) is 5.69 Å². The maximum absolute atomic E-state index is 12.5. The Balaban J connectivity index is 1.55. The fraction of sp³-hybridized carbons (Fsp3) is 0.348. The van der Waals surface area contributed by atoms with Gasteiger partial charge >= 0.3 is 11.8 Å². The Bertz CT molecular complexity index is 906. The largest absolute Gasteiger partial charge is 0.328 e. The zero-order valence-corrected chi connectivity index (χ0v) is 17.1. The predicted octanol–water partition coefficient (Wildman–Crippen LogP) is 2.93. The number of carbonyl (C=O) groups excluding carboxylic acids is 3. The van der Waals surface area contributed by atoms with Gasteiger partial charge in [-0.3, -0.25) is 14.4 Å². The van der Waals surface area contributed by atoms with E-state index < -0.39 is 11.8 Å². The molecule has 2 aromatic carbocycles. The minimum atomic E-state index is -0.630. The predicted molar refractivity (Wildman–Crippen MR) is 112 cm³/mol. The van der Waals surface area contributed by atoms with Crippen LogP contribution < -0.4 is 5.32 Å². The summed E-state index contributed by atoms with van der Waals surface area (Å²) in [4.78, 5) is 40.1. The second kappa shape index (κ2) is 8.90. The highest BCUT2D eigenvalue weighted by Gasteiger charge is 2.33. The SMILES string of the molecule is Cc1cccc(CN2CCN(CC(=O)Nc3ccc(C(C)C)cc3)C(=O)C2=O)c1. The highest BCUT2D eigenvalue weighted by atomic mass is 16.2. The normalized spacial score (nSPS) is 14.5. The summed E-state index contributed by atoms with van der Waals surface area (Å²) in [5, 5.41) is 2.79. The number of amides is 3. The second-order valence-corrected chi connectivity index (χ2v) is 7.77. The Morgan fingerprint density at radius 3 is 2.31 bits per heavy atom. The Labute approximate surface area is 171 Å². The van der Waals surface area contributed by atoms with Crippen molar-refractivity contribution < 1.29 is 14.4 Å². The number of nitrogens with zero attached hydrogens (tertiary/aromatic N) is 2. The van der Waals surface area contributed by atoms with Crippen molar-refractivity contribution in [3.8, 4) is 0 Å². The molecular formula is C23H27N3O3. The third-order valence-electron chi connectivity index (χ3n) is 5.05. The number of nitrogens with one attached hydrogen (secondary N) is 1. The maximum atomic E-state index is 12.5. The van der Waals surface area contributed by atoms with E-state index in [4.69, 9.17) is 0 Å². The minimum absolute atomic E-state index is 0.130. The second-order valence-electron chi connectivity index (χ2n) is 7.77. The molecule has 0 spiro atoms. The van der Waals surface area contributed by atoms with Crippen molar-refractivity contribution in [2.45, 2.75) is 33.2 Å². The van der Waals surface area contributed by atoms with Crippen LogP contribution in [0.5, 0.6) is 0 Å². The molecule has 6 heteroatoms. The number of hydrogen-bond donors (Lipinski definition) is 1. The molecule has 1 fully saturated rings. The minimum Gasteiger partial charge on any atom is -0.328 e. The van der Waals surface area contributed by atoms with Crippen LogP contribution in [-0.4, -0.2) is 47.2 Å². The highest BCUT2D eigenvalue weighted by molar-refractivity contribution is 6.35. The standard InChI is InChI=1S/C23H27N3O3/c1-16(2)19-7-9-20(10-8-19)24-21(27)15-26-12-11-25(22(28)23(26)29)14-18-6-4-5-17(3)13-18/h4-10,13,16H,11-12,14-15H2,1-3H3,(H,24,27). The van der Waals surface area contributed by atoms with Crippen molar-refractivity contribution in [3.05, 3.63) is 65.2 Å². The fourth-order valence-electron chi connectivity index (χ4n) is 3.37. The van der Waals surface area contributed by atoms with Gasteiger partial charge < -0.3 is 15.1 Å². The van der Waals surface area contributed by atoms with E-state index in [1.54, 1.807) is 0 Å². The van der Waals surface area contributed by atoms with Gasteiger partial charge in [-0.2, -0.15) is 0 Å². The first kappa shape index (κ1) is 20.6. The van der Waals surface area contributed by atoms with E-state index in [1.165, 1.54) is 15.4 Å². The number of hydrogen-bond acceptors (Lipinski definition) is 3. The highest BCUT2D eigenvalue weighted by Crippen LogP contribution is 2.17. The van der Waals surface area contributed by atoms with Crippen molar-refractivity contribution in [3.63, 3.8) is 0 Å². The van der Waals surface area contributed by atoms with E-state index >= 15 is 0 Å². The third-order valence-corrected chi connectivity index (χ3v) is 5.05. The molecule has 29 heavy (non-hydrogen) atoms. The summed E-state index contributed by atoms with van der Waals surface area (Å²) in [6.45, 7) is 7.22. The van der Waals surface area contributed by atoms with Gasteiger partial charge in [0.05, 0.1) is 0 Å². The molecule has 152 valence electrons. The molecule has 2 aromatic rings. The van der Waals surface area contributed by atoms with E-state index in [2.05, 4.69) is 19.2 Å². The summed E-state index contributed by atoms with van der Waals surface area (Å²) in [6.07, 6.45) is 0. The lowest BCUT2D eigenvalue weighted by Gasteiger charge is -2.33. The number of piperazine rings is 1. The Kier molecular flexibility index (Phi) is 6.32. The van der Waals surface area contributed by atoms with Gasteiger partial charge in [-0.25, -0.2) is 0 Å². The van der Waals surface area contributed by atoms with E-state index in [0.717, 1.165) is 11.1 Å². The van der Waals surface area contributed by atoms with Crippen molar-refractivity contribution >= 4 is 23.4 Å². The number of anilines is 1. The zero-order chi connectivity index (χ0) is 21.0. The van der Waals surface area contributed by atoms with Gasteiger partial charge in [-0.05, 0) is 36.1 Å². The van der Waals surface area contributed by atoms with E-state index in [9.17, 15) is 14.4 Å². The van der Waals surface area contributed by atoms with E-state index in [1.807, 2.05) is 55.5 Å². The molecule has 0 unspecified atom stereocenters. The summed E-state index contributed by atoms with van der Waals surface area (Å²) < 4.78 is 0. The lowest BCUT2D eigenvalue weighted by molar-refractivity contribution is -0.157. The molecule has 1 aliphatic heterocycles. The van der Waals surface area contributed by atoms with Crippen molar-refractivity contribution in [2.24, 2.45) is 0 Å². The molecule has 0 aromatic heterocycles. The molecule has 0 atom stereocenters. The fourth-order valence-corrected chi connectivity index (χ4v) is 3.37. The number of rotatable bonds is 6. The van der Waals surface area contributed by atoms with Gasteiger partial charge in [-0.15, -0.1) is 0 Å². The summed E-state index contributed by atoms with van der Waals surface area (Å²) in [5.74, 6) is -1.09. The van der Waals surface area contributed by atoms with Gasteiger partial charge in [0.2, 0.25) is 5.91 Å². The maximum Gasteiger partial charge on any atom is 0.312 e. The quantitative estimate of drug-likeness (QED) is 0.767. The molecule has 3 rings (SSSR count). The van der Waals surface area contributed by atoms with Crippen molar-refractivity contribution in [1.82, 2.24) is 9.80 Å². The first-order valence-corrected chi connectivity index (χ1v) is 9.87. The molecule has 1 heterocycles. The molecule has 0 bridgehead atoms. The van der Waals surface area contributed by atoms with Crippen LogP contribution in [0.3, 0.4) is 0 Å². The first-order valence-electron chi connectivity index (χ1n) is 9.87. The van der Waals surface area contributed by atoms with Crippen LogP contribution in [0, 0.1) is 6.92 Å². The summed E-state index contributed by atoms with van der Waals surface area (Å²) in [6, 6.07) is 15.5. The average Bonchev–Trinajstić information content (AvgIpc) is 2.68. The van der Waals surface area contributed by atoms with Crippen molar-refractivity contribution in [1.29, 1.82) is 0 Å². The third kappa shape index (κ3) is 5.22. The van der Waals surface area contributed by atoms with Gasteiger partial charge in [0.25, 0.3) is 0 Å². The molecule has 0 aliphatic carbocycles. The molecule has 1 aliphatic rings. The summed E-state index contributed by atoms with van der Waals surface area (Å²) >= 11 is 0. The van der Waals surface area contributed by atoms with Crippen LogP contribution >= 0.6 is 0 Å². The van der Waals surface area contributed by atoms with Crippen LogP contribution in [-0.2, 0) is 20.9 Å². The Morgan fingerprint density at radius 2 is 1.66 bits per heavy atom. The lowest BCUT2D eigenvalue weighted by atomic mass is 10.0. The topological polar surface area (TPSA) is 69.7 Å². The monoisotopic (exact) mass is 393 g/mol. The molecular weight excluding hydrogens is 366 g/mol.